The fourth-order valence-electron chi connectivity index (χ4n) is 3.48. The van der Waals surface area contributed by atoms with Crippen molar-refractivity contribution in [3.63, 3.8) is 0 Å². The molecule has 0 unspecified atom stereocenters. The lowest BCUT2D eigenvalue weighted by Crippen LogP contribution is -2.38. The van der Waals surface area contributed by atoms with Crippen LogP contribution in [0.5, 0.6) is 0 Å². The maximum absolute atomic E-state index is 12.7. The Balaban J connectivity index is 1.64. The Morgan fingerprint density at radius 1 is 1.18 bits per heavy atom. The number of nitrogens with zero attached hydrogens (tertiary/aromatic N) is 4. The summed E-state index contributed by atoms with van der Waals surface area (Å²) in [5.41, 5.74) is 3.44. The molecule has 0 atom stereocenters. The zero-order chi connectivity index (χ0) is 19.9. The summed E-state index contributed by atoms with van der Waals surface area (Å²) in [5, 5.41) is 0. The quantitative estimate of drug-likeness (QED) is 0.683. The van der Waals surface area contributed by atoms with Crippen molar-refractivity contribution in [3.8, 4) is 0 Å². The maximum Gasteiger partial charge on any atom is 0.272 e. The van der Waals surface area contributed by atoms with Crippen LogP contribution in [-0.4, -0.2) is 59.2 Å². The van der Waals surface area contributed by atoms with E-state index < -0.39 is 0 Å². The third kappa shape index (κ3) is 5.11. The number of pyridine rings is 1. The van der Waals surface area contributed by atoms with Gasteiger partial charge < -0.3 is 14.4 Å². The van der Waals surface area contributed by atoms with Gasteiger partial charge in [0.1, 0.15) is 11.5 Å². The molecule has 1 aliphatic rings. The molecule has 0 radical (unpaired) electrons. The zero-order valence-electron chi connectivity index (χ0n) is 16.9. The molecule has 1 fully saturated rings. The summed E-state index contributed by atoms with van der Waals surface area (Å²) in [6, 6.07) is 5.56. The maximum atomic E-state index is 12.7. The van der Waals surface area contributed by atoms with Gasteiger partial charge in [-0.2, -0.15) is 0 Å². The molecule has 1 amide bonds. The molecule has 1 aliphatic heterocycles. The van der Waals surface area contributed by atoms with E-state index >= 15 is 0 Å². The van der Waals surface area contributed by atoms with Crippen molar-refractivity contribution in [2.75, 3.05) is 33.4 Å². The highest BCUT2D eigenvalue weighted by Crippen LogP contribution is 2.30. The highest BCUT2D eigenvalue weighted by molar-refractivity contribution is 5.92. The van der Waals surface area contributed by atoms with Crippen LogP contribution in [0.4, 0.5) is 0 Å². The summed E-state index contributed by atoms with van der Waals surface area (Å²) < 4.78 is 10.7. The molecule has 0 spiro atoms. The van der Waals surface area contributed by atoms with Gasteiger partial charge in [0.25, 0.3) is 5.91 Å². The van der Waals surface area contributed by atoms with Crippen molar-refractivity contribution in [3.05, 3.63) is 52.9 Å². The lowest BCUT2D eigenvalue weighted by Gasteiger charge is -2.32. The second kappa shape index (κ2) is 9.71. The van der Waals surface area contributed by atoms with E-state index in [1.54, 1.807) is 13.2 Å². The van der Waals surface area contributed by atoms with Crippen molar-refractivity contribution in [1.29, 1.82) is 0 Å². The molecule has 28 heavy (non-hydrogen) atoms. The van der Waals surface area contributed by atoms with Crippen molar-refractivity contribution in [2.45, 2.75) is 39.2 Å². The highest BCUT2D eigenvalue weighted by atomic mass is 16.5. The standard InChI is InChI=1S/C21H28N4O3/c1-15-5-4-6-19(23-15)21(26)25-9-7-17(8-10-25)20-18(13-22-16(2)24-20)14-28-12-11-27-3/h4-6,13,17H,7-12,14H2,1-3H3. The first-order valence-corrected chi connectivity index (χ1v) is 9.70. The van der Waals surface area contributed by atoms with E-state index in [9.17, 15) is 4.79 Å². The highest BCUT2D eigenvalue weighted by Gasteiger charge is 2.27. The van der Waals surface area contributed by atoms with Gasteiger partial charge in [0, 0.05) is 43.6 Å². The predicted octanol–water partition coefficient (Wildman–Crippen LogP) is 2.67. The van der Waals surface area contributed by atoms with Crippen molar-refractivity contribution in [2.24, 2.45) is 0 Å². The summed E-state index contributed by atoms with van der Waals surface area (Å²) in [4.78, 5) is 28.0. The first-order chi connectivity index (χ1) is 13.6. The van der Waals surface area contributed by atoms with E-state index in [0.717, 1.165) is 35.6 Å². The second-order valence-electron chi connectivity index (χ2n) is 7.10. The third-order valence-corrected chi connectivity index (χ3v) is 4.98. The van der Waals surface area contributed by atoms with E-state index in [-0.39, 0.29) is 5.91 Å². The fourth-order valence-corrected chi connectivity index (χ4v) is 3.48. The summed E-state index contributed by atoms with van der Waals surface area (Å²) in [6.45, 7) is 6.79. The van der Waals surface area contributed by atoms with Gasteiger partial charge in [-0.05, 0) is 38.8 Å². The molecule has 7 nitrogen and oxygen atoms in total. The molecule has 7 heteroatoms. The number of aromatic nitrogens is 3. The molecule has 1 saturated heterocycles. The predicted molar refractivity (Wildman–Crippen MR) is 105 cm³/mol. The normalized spacial score (nSPS) is 15.0. The molecule has 3 rings (SSSR count). The van der Waals surface area contributed by atoms with Crippen LogP contribution in [0.1, 0.15) is 52.0 Å². The van der Waals surface area contributed by atoms with Gasteiger partial charge in [0.05, 0.1) is 25.5 Å². The molecular weight excluding hydrogens is 356 g/mol. The number of hydrogen-bond donors (Lipinski definition) is 0. The molecule has 150 valence electrons. The molecule has 0 N–H and O–H groups in total. The van der Waals surface area contributed by atoms with Crippen LogP contribution in [0.2, 0.25) is 0 Å². The van der Waals surface area contributed by atoms with Gasteiger partial charge in [0.2, 0.25) is 0 Å². The number of carbonyl (C=O) groups excluding carboxylic acids is 1. The first-order valence-electron chi connectivity index (χ1n) is 9.70. The molecule has 3 heterocycles. The number of piperidine rings is 1. The van der Waals surface area contributed by atoms with Crippen LogP contribution >= 0.6 is 0 Å². The second-order valence-corrected chi connectivity index (χ2v) is 7.10. The lowest BCUT2D eigenvalue weighted by atomic mass is 9.90. The van der Waals surface area contributed by atoms with Gasteiger partial charge in [-0.3, -0.25) is 4.79 Å². The molecular formula is C21H28N4O3. The lowest BCUT2D eigenvalue weighted by molar-refractivity contribution is 0.0604. The molecule has 0 aromatic carbocycles. The van der Waals surface area contributed by atoms with E-state index in [1.807, 2.05) is 37.1 Å². The minimum absolute atomic E-state index is 0.00383. The van der Waals surface area contributed by atoms with Crippen LogP contribution < -0.4 is 0 Å². The van der Waals surface area contributed by atoms with Gasteiger partial charge in [-0.25, -0.2) is 15.0 Å². The number of carbonyl (C=O) groups is 1. The first kappa shape index (κ1) is 20.4. The van der Waals surface area contributed by atoms with Crippen molar-refractivity contribution < 1.29 is 14.3 Å². The Bertz CT molecular complexity index is 804. The number of methoxy groups -OCH3 is 1. The fraction of sp³-hybridized carbons (Fsp3) is 0.524. The zero-order valence-corrected chi connectivity index (χ0v) is 16.9. The van der Waals surface area contributed by atoms with E-state index in [1.165, 1.54) is 0 Å². The van der Waals surface area contributed by atoms with Crippen LogP contribution in [0.25, 0.3) is 0 Å². The monoisotopic (exact) mass is 384 g/mol. The summed E-state index contributed by atoms with van der Waals surface area (Å²) >= 11 is 0. The number of hydrogen-bond acceptors (Lipinski definition) is 6. The number of aryl methyl sites for hydroxylation is 2. The number of amides is 1. The Morgan fingerprint density at radius 3 is 2.68 bits per heavy atom. The average molecular weight is 384 g/mol. The Labute approximate surface area is 166 Å². The molecule has 0 saturated carbocycles. The van der Waals surface area contributed by atoms with Crippen LogP contribution in [0.15, 0.2) is 24.4 Å². The van der Waals surface area contributed by atoms with Crippen LogP contribution in [0.3, 0.4) is 0 Å². The van der Waals surface area contributed by atoms with E-state index in [2.05, 4.69) is 9.97 Å². The van der Waals surface area contributed by atoms with Crippen molar-refractivity contribution in [1.82, 2.24) is 19.9 Å². The average Bonchev–Trinajstić information content (AvgIpc) is 2.71. The number of ether oxygens (including phenoxy) is 2. The summed E-state index contributed by atoms with van der Waals surface area (Å²) in [6.07, 6.45) is 3.61. The van der Waals surface area contributed by atoms with Gasteiger partial charge in [-0.15, -0.1) is 0 Å². The van der Waals surface area contributed by atoms with Gasteiger partial charge in [-0.1, -0.05) is 6.07 Å². The Kier molecular flexibility index (Phi) is 7.06. The number of rotatable bonds is 7. The molecule has 0 aliphatic carbocycles. The molecule has 0 bridgehead atoms. The van der Waals surface area contributed by atoms with Crippen LogP contribution in [0, 0.1) is 13.8 Å². The van der Waals surface area contributed by atoms with Crippen molar-refractivity contribution >= 4 is 5.91 Å². The third-order valence-electron chi connectivity index (χ3n) is 4.98. The Morgan fingerprint density at radius 2 is 1.96 bits per heavy atom. The topological polar surface area (TPSA) is 77.4 Å². The molecule has 2 aromatic rings. The summed E-state index contributed by atoms with van der Waals surface area (Å²) in [7, 11) is 1.66. The van der Waals surface area contributed by atoms with Crippen LogP contribution in [-0.2, 0) is 16.1 Å². The minimum Gasteiger partial charge on any atom is -0.382 e. The van der Waals surface area contributed by atoms with E-state index in [0.29, 0.717) is 44.5 Å². The van der Waals surface area contributed by atoms with Gasteiger partial charge in [0.15, 0.2) is 0 Å². The largest absolute Gasteiger partial charge is 0.382 e. The summed E-state index contributed by atoms with van der Waals surface area (Å²) in [5.74, 6) is 1.07. The minimum atomic E-state index is 0.00383. The van der Waals surface area contributed by atoms with E-state index in [4.69, 9.17) is 14.5 Å². The van der Waals surface area contributed by atoms with Gasteiger partial charge >= 0.3 is 0 Å². The Hall–Kier alpha value is -2.38. The number of likely N-dealkylation sites (tertiary alicyclic amines) is 1. The smallest absolute Gasteiger partial charge is 0.272 e. The molecule has 2 aromatic heterocycles. The SMILES string of the molecule is COCCOCc1cnc(C)nc1C1CCN(C(=O)c2cccc(C)n2)CC1.